The Hall–Kier alpha value is -3.24. The van der Waals surface area contributed by atoms with Gasteiger partial charge < -0.3 is 13.9 Å². The number of carbonyl (C=O) groups is 1. The highest BCUT2D eigenvalue weighted by atomic mass is 32.2. The summed E-state index contributed by atoms with van der Waals surface area (Å²) in [5, 5.41) is 0. The Kier molecular flexibility index (Phi) is 7.52. The molecule has 0 bridgehead atoms. The van der Waals surface area contributed by atoms with Crippen molar-refractivity contribution < 1.29 is 18.7 Å². The van der Waals surface area contributed by atoms with E-state index in [0.717, 1.165) is 28.3 Å². The van der Waals surface area contributed by atoms with Gasteiger partial charge in [0, 0.05) is 17.7 Å². The predicted molar refractivity (Wildman–Crippen MR) is 117 cm³/mol. The highest BCUT2D eigenvalue weighted by Gasteiger charge is 2.12. The monoisotopic (exact) mass is 422 g/mol. The Bertz CT molecular complexity index is 1040. The van der Waals surface area contributed by atoms with E-state index in [1.165, 1.54) is 18.9 Å². The summed E-state index contributed by atoms with van der Waals surface area (Å²) >= 11 is 1.50. The zero-order chi connectivity index (χ0) is 21.3. The van der Waals surface area contributed by atoms with Crippen LogP contribution in [0.25, 0.3) is 16.3 Å². The molecule has 0 N–H and O–H groups in total. The van der Waals surface area contributed by atoms with E-state index >= 15 is 0 Å². The number of nitrogens with zero attached hydrogens (tertiary/aromatic N) is 2. The number of rotatable bonds is 9. The van der Waals surface area contributed by atoms with Crippen LogP contribution >= 0.6 is 11.8 Å². The second kappa shape index (κ2) is 10.5. The minimum Gasteiger partial charge on any atom is -0.493 e. The lowest BCUT2D eigenvalue weighted by Crippen LogP contribution is -2.04. The summed E-state index contributed by atoms with van der Waals surface area (Å²) in [7, 11) is 1.39. The van der Waals surface area contributed by atoms with E-state index in [2.05, 4.69) is 14.6 Å². The molecule has 0 saturated carbocycles. The molecule has 6 nitrogen and oxygen atoms in total. The topological polar surface area (TPSA) is 65.9 Å². The first kappa shape index (κ1) is 21.5. The number of methoxy groups -OCH3 is 1. The van der Waals surface area contributed by atoms with Crippen molar-refractivity contribution in [2.45, 2.75) is 19.1 Å². The van der Waals surface area contributed by atoms with E-state index in [4.69, 9.17) is 15.7 Å². The number of benzene rings is 2. The number of carbonyl (C=O) groups excluding carboxylic acids is 1. The van der Waals surface area contributed by atoms with Gasteiger partial charge in [-0.25, -0.2) is 9.83 Å². The van der Waals surface area contributed by atoms with Crippen LogP contribution < -0.4 is 4.74 Å². The van der Waals surface area contributed by atoms with Gasteiger partial charge in [-0.2, -0.15) is 0 Å². The molecule has 1 heterocycles. The van der Waals surface area contributed by atoms with E-state index in [9.17, 15) is 4.79 Å². The molecular formula is C23H22N2O4S. The molecule has 0 fully saturated rings. The fourth-order valence-electron chi connectivity index (χ4n) is 2.76. The third kappa shape index (κ3) is 5.88. The van der Waals surface area contributed by atoms with Crippen molar-refractivity contribution in [2.24, 2.45) is 0 Å². The van der Waals surface area contributed by atoms with Gasteiger partial charge in [-0.15, -0.1) is 11.8 Å². The van der Waals surface area contributed by atoms with Gasteiger partial charge >= 0.3 is 5.97 Å². The zero-order valence-electron chi connectivity index (χ0n) is 16.9. The number of oxazole rings is 1. The maximum Gasteiger partial charge on any atom is 0.315 e. The van der Waals surface area contributed by atoms with E-state index in [1.54, 1.807) is 12.1 Å². The maximum absolute atomic E-state index is 11.2. The van der Waals surface area contributed by atoms with E-state index in [1.807, 2.05) is 43.3 Å². The van der Waals surface area contributed by atoms with Crippen molar-refractivity contribution in [3.05, 3.63) is 77.0 Å². The van der Waals surface area contributed by atoms with Gasteiger partial charge in [-0.05, 0) is 24.6 Å². The summed E-state index contributed by atoms with van der Waals surface area (Å²) < 4.78 is 16.3. The minimum absolute atomic E-state index is 0.225. The molecule has 0 atom stereocenters. The first-order valence-corrected chi connectivity index (χ1v) is 10.5. The van der Waals surface area contributed by atoms with Crippen LogP contribution in [0.1, 0.15) is 17.0 Å². The first-order chi connectivity index (χ1) is 14.6. The van der Waals surface area contributed by atoms with Crippen LogP contribution in [0.5, 0.6) is 5.75 Å². The lowest BCUT2D eigenvalue weighted by molar-refractivity contribution is -0.137. The van der Waals surface area contributed by atoms with Crippen LogP contribution in [0.15, 0.2) is 52.9 Å². The average Bonchev–Trinajstić information content (AvgIpc) is 3.14. The van der Waals surface area contributed by atoms with E-state index < -0.39 is 0 Å². The molecule has 2 aromatic carbocycles. The molecular weight excluding hydrogens is 400 g/mol. The standard InChI is InChI=1S/C23H22N2O4S/c1-16-21(25-23(29-16)18-7-9-19(24-2)10-8-18)11-12-28-20-6-4-5-17(13-20)14-30-15-22(26)27-3/h4-10,13H,11-12,14-15H2,1,3H3. The van der Waals surface area contributed by atoms with Crippen molar-refractivity contribution in [1.29, 1.82) is 0 Å². The normalized spacial score (nSPS) is 10.4. The Morgan fingerprint density at radius 1 is 1.23 bits per heavy atom. The first-order valence-electron chi connectivity index (χ1n) is 9.39. The fraction of sp³-hybridized carbons (Fsp3) is 0.261. The summed E-state index contributed by atoms with van der Waals surface area (Å²) in [6.07, 6.45) is 0.622. The van der Waals surface area contributed by atoms with Gasteiger partial charge in [0.1, 0.15) is 11.5 Å². The number of aryl methyl sites for hydroxylation is 1. The quantitative estimate of drug-likeness (QED) is 0.348. The van der Waals surface area contributed by atoms with Crippen molar-refractivity contribution in [3.63, 3.8) is 0 Å². The van der Waals surface area contributed by atoms with Crippen molar-refractivity contribution in [1.82, 2.24) is 4.98 Å². The van der Waals surface area contributed by atoms with Gasteiger partial charge in [0.15, 0.2) is 5.69 Å². The Labute approximate surface area is 180 Å². The Morgan fingerprint density at radius 2 is 2.03 bits per heavy atom. The lowest BCUT2D eigenvalue weighted by atomic mass is 10.2. The van der Waals surface area contributed by atoms with Crippen LogP contribution in [0.3, 0.4) is 0 Å². The van der Waals surface area contributed by atoms with Gasteiger partial charge in [-0.3, -0.25) is 4.79 Å². The van der Waals surface area contributed by atoms with E-state index in [-0.39, 0.29) is 5.97 Å². The molecule has 0 unspecified atom stereocenters. The maximum atomic E-state index is 11.2. The van der Waals surface area contributed by atoms with Crippen LogP contribution in [-0.4, -0.2) is 30.4 Å². The van der Waals surface area contributed by atoms with Crippen LogP contribution in [0, 0.1) is 13.5 Å². The molecule has 0 spiro atoms. The van der Waals surface area contributed by atoms with Crippen LogP contribution in [0.2, 0.25) is 0 Å². The zero-order valence-corrected chi connectivity index (χ0v) is 17.7. The largest absolute Gasteiger partial charge is 0.493 e. The molecule has 0 aliphatic rings. The number of aromatic nitrogens is 1. The Balaban J connectivity index is 1.54. The van der Waals surface area contributed by atoms with E-state index in [0.29, 0.717) is 36.1 Å². The smallest absolute Gasteiger partial charge is 0.315 e. The third-order valence-electron chi connectivity index (χ3n) is 4.36. The molecule has 1 aromatic heterocycles. The van der Waals surface area contributed by atoms with Crippen LogP contribution in [-0.2, 0) is 21.7 Å². The molecule has 0 radical (unpaired) electrons. The van der Waals surface area contributed by atoms with Crippen molar-refractivity contribution in [2.75, 3.05) is 19.5 Å². The van der Waals surface area contributed by atoms with Gasteiger partial charge in [0.25, 0.3) is 0 Å². The molecule has 3 aromatic rings. The summed E-state index contributed by atoms with van der Waals surface area (Å²) in [4.78, 5) is 19.2. The lowest BCUT2D eigenvalue weighted by Gasteiger charge is -2.07. The molecule has 0 aliphatic heterocycles. The molecule has 7 heteroatoms. The minimum atomic E-state index is -0.225. The van der Waals surface area contributed by atoms with Crippen molar-refractivity contribution >= 4 is 23.4 Å². The SMILES string of the molecule is [C-]#[N+]c1ccc(-c2nc(CCOc3cccc(CSCC(=O)OC)c3)c(C)o2)cc1. The second-order valence-electron chi connectivity index (χ2n) is 6.50. The molecule has 154 valence electrons. The van der Waals surface area contributed by atoms with Crippen LogP contribution in [0.4, 0.5) is 5.69 Å². The molecule has 0 saturated heterocycles. The third-order valence-corrected chi connectivity index (χ3v) is 5.34. The number of thioether (sulfide) groups is 1. The van der Waals surface area contributed by atoms with Crippen molar-refractivity contribution in [3.8, 4) is 17.2 Å². The average molecular weight is 423 g/mol. The number of hydrogen-bond acceptors (Lipinski definition) is 6. The summed E-state index contributed by atoms with van der Waals surface area (Å²) in [5.41, 5.74) is 3.37. The molecule has 0 amide bonds. The van der Waals surface area contributed by atoms with Gasteiger partial charge in [-0.1, -0.05) is 36.4 Å². The highest BCUT2D eigenvalue weighted by Crippen LogP contribution is 2.25. The predicted octanol–water partition coefficient (Wildman–Crippen LogP) is 5.23. The summed E-state index contributed by atoms with van der Waals surface area (Å²) in [6.45, 7) is 9.39. The van der Waals surface area contributed by atoms with Gasteiger partial charge in [0.05, 0.1) is 31.7 Å². The summed E-state index contributed by atoms with van der Waals surface area (Å²) in [5.74, 6) is 2.90. The van der Waals surface area contributed by atoms with Gasteiger partial charge in [0.2, 0.25) is 5.89 Å². The molecule has 30 heavy (non-hydrogen) atoms. The molecule has 3 rings (SSSR count). The highest BCUT2D eigenvalue weighted by molar-refractivity contribution is 7.99. The number of ether oxygens (including phenoxy) is 2. The summed E-state index contributed by atoms with van der Waals surface area (Å²) in [6, 6.07) is 15.0. The number of hydrogen-bond donors (Lipinski definition) is 0. The molecule has 0 aliphatic carbocycles. The second-order valence-corrected chi connectivity index (χ2v) is 7.48. The fourth-order valence-corrected chi connectivity index (χ4v) is 3.57. The Morgan fingerprint density at radius 3 is 2.77 bits per heavy atom. The number of esters is 1.